The van der Waals surface area contributed by atoms with Crippen molar-refractivity contribution in [3.63, 3.8) is 0 Å². The van der Waals surface area contributed by atoms with Crippen LogP contribution in [0.15, 0.2) is 42.6 Å². The Kier molecular flexibility index (Phi) is 6.87. The third-order valence-corrected chi connectivity index (χ3v) is 6.59. The molecule has 162 valence electrons. The van der Waals surface area contributed by atoms with E-state index >= 15 is 0 Å². The standard InChI is InChI=1S/C24H35N5O/c1-18-22(19(2)27-26-18)16-21-15-20(8-9-23(21)30-3)17-28-11-6-12-29(14-13-28)24-7-4-5-10-25-24/h4-5,7-10,15,18-19,22,26-27H,6,11-14,16-17H2,1-3H3. The van der Waals surface area contributed by atoms with E-state index in [1.54, 1.807) is 7.11 Å². The number of benzene rings is 1. The molecule has 4 rings (SSSR count). The topological polar surface area (TPSA) is 52.7 Å². The van der Waals surface area contributed by atoms with Crippen LogP contribution in [0, 0.1) is 5.92 Å². The van der Waals surface area contributed by atoms with Crippen LogP contribution in [-0.4, -0.2) is 55.3 Å². The first kappa shape index (κ1) is 21.1. The summed E-state index contributed by atoms with van der Waals surface area (Å²) < 4.78 is 5.69. The summed E-state index contributed by atoms with van der Waals surface area (Å²) in [7, 11) is 1.78. The molecule has 6 nitrogen and oxygen atoms in total. The molecule has 2 fully saturated rings. The minimum Gasteiger partial charge on any atom is -0.496 e. The Morgan fingerprint density at radius 3 is 2.60 bits per heavy atom. The maximum Gasteiger partial charge on any atom is 0.128 e. The molecule has 0 saturated carbocycles. The molecule has 1 aromatic heterocycles. The summed E-state index contributed by atoms with van der Waals surface area (Å²) in [4.78, 5) is 9.50. The van der Waals surface area contributed by atoms with Crippen molar-refractivity contribution in [2.45, 2.75) is 45.3 Å². The normalized spacial score (nSPS) is 25.3. The van der Waals surface area contributed by atoms with Gasteiger partial charge in [0.05, 0.1) is 7.11 Å². The molecule has 2 aromatic rings. The van der Waals surface area contributed by atoms with Crippen LogP contribution in [0.4, 0.5) is 5.82 Å². The van der Waals surface area contributed by atoms with Crippen LogP contribution in [0.1, 0.15) is 31.4 Å². The zero-order valence-corrected chi connectivity index (χ0v) is 18.5. The van der Waals surface area contributed by atoms with E-state index in [2.05, 4.69) is 69.8 Å². The van der Waals surface area contributed by atoms with Crippen molar-refractivity contribution in [2.75, 3.05) is 38.2 Å². The fourth-order valence-electron chi connectivity index (χ4n) is 4.76. The highest BCUT2D eigenvalue weighted by Crippen LogP contribution is 2.28. The number of methoxy groups -OCH3 is 1. The maximum atomic E-state index is 5.69. The molecule has 2 saturated heterocycles. The highest BCUT2D eigenvalue weighted by molar-refractivity contribution is 5.39. The molecule has 1 aromatic carbocycles. The SMILES string of the molecule is COc1ccc(CN2CCCN(c3ccccn3)CC2)cc1CC1C(C)NNC1C. The van der Waals surface area contributed by atoms with Crippen LogP contribution < -0.4 is 20.5 Å². The Bertz CT molecular complexity index is 804. The van der Waals surface area contributed by atoms with E-state index in [1.807, 2.05) is 12.3 Å². The van der Waals surface area contributed by atoms with Crippen LogP contribution in [0.5, 0.6) is 5.75 Å². The molecule has 0 aliphatic carbocycles. The molecule has 2 aliphatic heterocycles. The maximum absolute atomic E-state index is 5.69. The Labute approximate surface area is 180 Å². The molecule has 3 heterocycles. The molecule has 2 atom stereocenters. The second kappa shape index (κ2) is 9.77. The van der Waals surface area contributed by atoms with Gasteiger partial charge in [-0.1, -0.05) is 18.2 Å². The van der Waals surface area contributed by atoms with Gasteiger partial charge in [-0.25, -0.2) is 4.98 Å². The Morgan fingerprint density at radius 2 is 1.87 bits per heavy atom. The molecule has 6 heteroatoms. The van der Waals surface area contributed by atoms with E-state index < -0.39 is 0 Å². The molecule has 2 aliphatic rings. The smallest absolute Gasteiger partial charge is 0.128 e. The van der Waals surface area contributed by atoms with E-state index in [4.69, 9.17) is 4.74 Å². The zero-order valence-electron chi connectivity index (χ0n) is 18.5. The molecule has 2 N–H and O–H groups in total. The molecular formula is C24H35N5O. The lowest BCUT2D eigenvalue weighted by Crippen LogP contribution is -2.31. The number of hydrogen-bond donors (Lipinski definition) is 2. The monoisotopic (exact) mass is 409 g/mol. The zero-order chi connectivity index (χ0) is 20.9. The average molecular weight is 410 g/mol. The number of nitrogens with zero attached hydrogens (tertiary/aromatic N) is 3. The number of anilines is 1. The average Bonchev–Trinajstić information content (AvgIpc) is 2.95. The minimum absolute atomic E-state index is 0.455. The summed E-state index contributed by atoms with van der Waals surface area (Å²) in [6.07, 6.45) is 4.06. The van der Waals surface area contributed by atoms with Gasteiger partial charge in [-0.15, -0.1) is 0 Å². The molecular weight excluding hydrogens is 374 g/mol. The fourth-order valence-corrected chi connectivity index (χ4v) is 4.76. The molecule has 0 radical (unpaired) electrons. The van der Waals surface area contributed by atoms with Gasteiger partial charge in [0.1, 0.15) is 11.6 Å². The second-order valence-electron chi connectivity index (χ2n) is 8.68. The van der Waals surface area contributed by atoms with Crippen LogP contribution >= 0.6 is 0 Å². The van der Waals surface area contributed by atoms with Gasteiger partial charge in [0.15, 0.2) is 0 Å². The second-order valence-corrected chi connectivity index (χ2v) is 8.68. The fraction of sp³-hybridized carbons (Fsp3) is 0.542. The number of hydrogen-bond acceptors (Lipinski definition) is 6. The summed E-state index contributed by atoms with van der Waals surface area (Å²) in [6, 6.07) is 13.8. The Balaban J connectivity index is 1.42. The first-order chi connectivity index (χ1) is 14.6. The number of pyridine rings is 1. The van der Waals surface area contributed by atoms with Gasteiger partial charge in [-0.05, 0) is 61.9 Å². The van der Waals surface area contributed by atoms with E-state index in [0.29, 0.717) is 18.0 Å². The van der Waals surface area contributed by atoms with Gasteiger partial charge < -0.3 is 9.64 Å². The van der Waals surface area contributed by atoms with Gasteiger partial charge in [0, 0.05) is 51.0 Å². The van der Waals surface area contributed by atoms with Gasteiger partial charge in [0.25, 0.3) is 0 Å². The highest BCUT2D eigenvalue weighted by atomic mass is 16.5. The lowest BCUT2D eigenvalue weighted by molar-refractivity contribution is 0.285. The van der Waals surface area contributed by atoms with Crippen molar-refractivity contribution in [1.82, 2.24) is 20.7 Å². The van der Waals surface area contributed by atoms with Crippen molar-refractivity contribution >= 4 is 5.82 Å². The van der Waals surface area contributed by atoms with Crippen molar-refractivity contribution in [3.8, 4) is 5.75 Å². The molecule has 0 amide bonds. The number of hydrazine groups is 1. The Hall–Kier alpha value is -2.15. The summed E-state index contributed by atoms with van der Waals surface area (Å²) >= 11 is 0. The van der Waals surface area contributed by atoms with Crippen LogP contribution in [0.3, 0.4) is 0 Å². The first-order valence-electron chi connectivity index (χ1n) is 11.2. The first-order valence-corrected chi connectivity index (χ1v) is 11.2. The number of ether oxygens (including phenoxy) is 1. The summed E-state index contributed by atoms with van der Waals surface area (Å²) in [5, 5.41) is 0. The predicted molar refractivity (Wildman–Crippen MR) is 122 cm³/mol. The van der Waals surface area contributed by atoms with Crippen molar-refractivity contribution < 1.29 is 4.74 Å². The van der Waals surface area contributed by atoms with E-state index in [0.717, 1.165) is 57.1 Å². The van der Waals surface area contributed by atoms with Gasteiger partial charge >= 0.3 is 0 Å². The molecule has 0 bridgehead atoms. The summed E-state index contributed by atoms with van der Waals surface area (Å²) in [5.74, 6) is 2.65. The Morgan fingerprint density at radius 1 is 1.03 bits per heavy atom. The number of rotatable bonds is 6. The molecule has 2 unspecified atom stereocenters. The lowest BCUT2D eigenvalue weighted by Gasteiger charge is -2.23. The minimum atomic E-state index is 0.455. The number of aromatic nitrogens is 1. The van der Waals surface area contributed by atoms with Crippen LogP contribution in [0.25, 0.3) is 0 Å². The van der Waals surface area contributed by atoms with Gasteiger partial charge in [-0.2, -0.15) is 0 Å². The van der Waals surface area contributed by atoms with Crippen LogP contribution in [-0.2, 0) is 13.0 Å². The third-order valence-electron chi connectivity index (χ3n) is 6.59. The largest absolute Gasteiger partial charge is 0.496 e. The quantitative estimate of drug-likeness (QED) is 0.765. The van der Waals surface area contributed by atoms with Gasteiger partial charge in [0.2, 0.25) is 0 Å². The van der Waals surface area contributed by atoms with Gasteiger partial charge in [-0.3, -0.25) is 15.8 Å². The highest BCUT2D eigenvalue weighted by Gasteiger charge is 2.30. The molecule has 0 spiro atoms. The summed E-state index contributed by atoms with van der Waals surface area (Å²) in [6.45, 7) is 9.76. The van der Waals surface area contributed by atoms with Crippen molar-refractivity contribution in [2.24, 2.45) is 5.92 Å². The van der Waals surface area contributed by atoms with Crippen molar-refractivity contribution in [3.05, 3.63) is 53.7 Å². The lowest BCUT2D eigenvalue weighted by atomic mass is 9.88. The van der Waals surface area contributed by atoms with E-state index in [1.165, 1.54) is 11.1 Å². The van der Waals surface area contributed by atoms with E-state index in [9.17, 15) is 0 Å². The number of nitrogens with one attached hydrogen (secondary N) is 2. The predicted octanol–water partition coefficient (Wildman–Crippen LogP) is 2.85. The van der Waals surface area contributed by atoms with E-state index in [-0.39, 0.29) is 0 Å². The summed E-state index contributed by atoms with van der Waals surface area (Å²) in [5.41, 5.74) is 9.43. The van der Waals surface area contributed by atoms with Crippen molar-refractivity contribution in [1.29, 1.82) is 0 Å². The third kappa shape index (κ3) is 4.94. The molecule has 30 heavy (non-hydrogen) atoms. The van der Waals surface area contributed by atoms with Crippen LogP contribution in [0.2, 0.25) is 0 Å².